The molecule has 136 valence electrons. The maximum Gasteiger partial charge on any atom is 0.269 e. The van der Waals surface area contributed by atoms with E-state index in [1.54, 1.807) is 30.0 Å². The number of allylic oxidation sites excluding steroid dienone is 2. The Balaban J connectivity index is 1.37. The third-order valence-electron chi connectivity index (χ3n) is 4.64. The molecule has 1 saturated heterocycles. The van der Waals surface area contributed by atoms with E-state index in [1.807, 2.05) is 12.2 Å². The molecule has 1 fully saturated rings. The van der Waals surface area contributed by atoms with Gasteiger partial charge in [-0.15, -0.1) is 0 Å². The van der Waals surface area contributed by atoms with Gasteiger partial charge in [0.1, 0.15) is 0 Å². The summed E-state index contributed by atoms with van der Waals surface area (Å²) in [5.41, 5.74) is 2.23. The molecule has 0 radical (unpaired) electrons. The molecule has 7 heteroatoms. The second kappa shape index (κ2) is 8.31. The topological polar surface area (TPSA) is 89.3 Å². The highest BCUT2D eigenvalue weighted by Crippen LogP contribution is 2.33. The molecule has 2 atom stereocenters. The van der Waals surface area contributed by atoms with E-state index in [4.69, 9.17) is 0 Å². The van der Waals surface area contributed by atoms with E-state index in [2.05, 4.69) is 5.32 Å². The van der Waals surface area contributed by atoms with E-state index in [0.29, 0.717) is 0 Å². The maximum atomic E-state index is 11.9. The number of fused-ring (bicyclic) bond motifs is 1. The summed E-state index contributed by atoms with van der Waals surface area (Å²) < 4.78 is 0. The Kier molecular flexibility index (Phi) is 5.88. The number of unbranched alkanes of at least 4 members (excludes halogenated alkanes) is 1. The van der Waals surface area contributed by atoms with Gasteiger partial charge >= 0.3 is 0 Å². The fraction of sp³-hybridized carbons (Fsp3) is 0.368. The smallest absolute Gasteiger partial charge is 0.269 e. The summed E-state index contributed by atoms with van der Waals surface area (Å²) in [5.74, 6) is 0.785. The second-order valence-electron chi connectivity index (χ2n) is 6.42. The lowest BCUT2D eigenvalue weighted by Crippen LogP contribution is -2.23. The Labute approximate surface area is 155 Å². The van der Waals surface area contributed by atoms with Crippen LogP contribution in [0.2, 0.25) is 0 Å². The first-order valence-corrected chi connectivity index (χ1v) is 9.75. The number of imide groups is 1. The summed E-state index contributed by atoms with van der Waals surface area (Å²) in [5, 5.41) is 13.0. The maximum absolute atomic E-state index is 11.9. The van der Waals surface area contributed by atoms with Gasteiger partial charge in [-0.3, -0.25) is 25.0 Å². The zero-order valence-corrected chi connectivity index (χ0v) is 15.0. The van der Waals surface area contributed by atoms with Crippen molar-refractivity contribution < 1.29 is 14.5 Å². The minimum Gasteiger partial charge on any atom is -0.295 e. The summed E-state index contributed by atoms with van der Waals surface area (Å²) in [7, 11) is 0. The van der Waals surface area contributed by atoms with E-state index in [9.17, 15) is 19.7 Å². The highest BCUT2D eigenvalue weighted by Gasteiger charge is 2.42. The highest BCUT2D eigenvalue weighted by atomic mass is 32.2. The summed E-state index contributed by atoms with van der Waals surface area (Å²) >= 11 is 1.79. The molecule has 1 aliphatic heterocycles. The number of carbonyl (C=O) groups is 2. The summed E-state index contributed by atoms with van der Waals surface area (Å²) in [6, 6.07) is 6.65. The SMILES string of the molecule is O=C1NC(=O)C2C(CCCCSCc3ccc([N+](=O)[O-])cc3)=CC=CC12. The molecule has 0 spiro atoms. The molecule has 26 heavy (non-hydrogen) atoms. The molecule has 1 aromatic carbocycles. The van der Waals surface area contributed by atoms with Crippen molar-refractivity contribution in [1.82, 2.24) is 5.32 Å². The van der Waals surface area contributed by atoms with Crippen LogP contribution in [0.4, 0.5) is 5.69 Å². The lowest BCUT2D eigenvalue weighted by molar-refractivity contribution is -0.384. The van der Waals surface area contributed by atoms with Crippen LogP contribution in [-0.4, -0.2) is 22.5 Å². The number of rotatable bonds is 8. The van der Waals surface area contributed by atoms with Gasteiger partial charge in [-0.2, -0.15) is 11.8 Å². The van der Waals surface area contributed by atoms with Crippen LogP contribution in [0.3, 0.4) is 0 Å². The second-order valence-corrected chi connectivity index (χ2v) is 7.52. The molecule has 2 amide bonds. The Hall–Kier alpha value is -2.41. The predicted molar refractivity (Wildman–Crippen MR) is 100 cm³/mol. The number of nitro benzene ring substituents is 1. The van der Waals surface area contributed by atoms with Crippen molar-refractivity contribution in [2.75, 3.05) is 5.75 Å². The van der Waals surface area contributed by atoms with Crippen molar-refractivity contribution in [3.05, 3.63) is 63.7 Å². The lowest BCUT2D eigenvalue weighted by Gasteiger charge is -2.19. The molecule has 0 bridgehead atoms. The number of hydrogen-bond donors (Lipinski definition) is 1. The van der Waals surface area contributed by atoms with Crippen LogP contribution in [0.15, 0.2) is 48.1 Å². The molecule has 2 unspecified atom stereocenters. The van der Waals surface area contributed by atoms with E-state index in [0.717, 1.165) is 41.9 Å². The minimum absolute atomic E-state index is 0.112. The van der Waals surface area contributed by atoms with Crippen molar-refractivity contribution in [3.8, 4) is 0 Å². The molecule has 0 aromatic heterocycles. The van der Waals surface area contributed by atoms with Crippen LogP contribution < -0.4 is 5.32 Å². The normalized spacial score (nSPS) is 21.3. The van der Waals surface area contributed by atoms with Crippen molar-refractivity contribution in [2.24, 2.45) is 11.8 Å². The van der Waals surface area contributed by atoms with Gasteiger partial charge in [-0.1, -0.05) is 35.9 Å². The highest BCUT2D eigenvalue weighted by molar-refractivity contribution is 7.98. The van der Waals surface area contributed by atoms with Crippen molar-refractivity contribution in [1.29, 1.82) is 0 Å². The lowest BCUT2D eigenvalue weighted by atomic mass is 9.82. The van der Waals surface area contributed by atoms with Crippen LogP contribution >= 0.6 is 11.8 Å². The zero-order valence-electron chi connectivity index (χ0n) is 14.2. The number of thioether (sulfide) groups is 1. The molecule has 1 aliphatic carbocycles. The molecule has 1 aromatic rings. The molecule has 2 aliphatic rings. The fourth-order valence-electron chi connectivity index (χ4n) is 3.27. The van der Waals surface area contributed by atoms with Crippen molar-refractivity contribution in [2.45, 2.75) is 25.0 Å². The fourth-order valence-corrected chi connectivity index (χ4v) is 4.25. The summed E-state index contributed by atoms with van der Waals surface area (Å²) in [6.45, 7) is 0. The average Bonchev–Trinajstić information content (AvgIpc) is 2.93. The van der Waals surface area contributed by atoms with Crippen LogP contribution in [-0.2, 0) is 15.3 Å². The Morgan fingerprint density at radius 1 is 1.12 bits per heavy atom. The number of nitro groups is 1. The van der Waals surface area contributed by atoms with Crippen LogP contribution in [0.1, 0.15) is 24.8 Å². The zero-order chi connectivity index (χ0) is 18.5. The van der Waals surface area contributed by atoms with Crippen molar-refractivity contribution in [3.63, 3.8) is 0 Å². The monoisotopic (exact) mass is 372 g/mol. The van der Waals surface area contributed by atoms with E-state index < -0.39 is 4.92 Å². The number of non-ortho nitro benzene ring substituents is 1. The molecule has 1 N–H and O–H groups in total. The van der Waals surface area contributed by atoms with Crippen LogP contribution in [0.5, 0.6) is 0 Å². The van der Waals surface area contributed by atoms with Gasteiger partial charge in [0.25, 0.3) is 5.69 Å². The van der Waals surface area contributed by atoms with Gasteiger partial charge < -0.3 is 0 Å². The van der Waals surface area contributed by atoms with Crippen LogP contribution in [0.25, 0.3) is 0 Å². The first-order chi connectivity index (χ1) is 12.6. The van der Waals surface area contributed by atoms with Gasteiger partial charge in [-0.25, -0.2) is 0 Å². The Bertz CT molecular complexity index is 770. The Morgan fingerprint density at radius 3 is 2.62 bits per heavy atom. The Morgan fingerprint density at radius 2 is 1.88 bits per heavy atom. The van der Waals surface area contributed by atoms with Crippen LogP contribution in [0, 0.1) is 22.0 Å². The molecular formula is C19H20N2O4S. The van der Waals surface area contributed by atoms with Gasteiger partial charge in [0, 0.05) is 17.9 Å². The number of carbonyl (C=O) groups excluding carboxylic acids is 2. The minimum atomic E-state index is -0.394. The molecule has 6 nitrogen and oxygen atoms in total. The molecule has 0 saturated carbocycles. The largest absolute Gasteiger partial charge is 0.295 e. The third-order valence-corrected chi connectivity index (χ3v) is 5.75. The quantitative estimate of drug-likeness (QED) is 0.327. The summed E-state index contributed by atoms with van der Waals surface area (Å²) in [4.78, 5) is 33.9. The molecule has 1 heterocycles. The number of nitrogens with one attached hydrogen (secondary N) is 1. The van der Waals surface area contributed by atoms with Gasteiger partial charge in [0.2, 0.25) is 11.8 Å². The number of nitrogens with zero attached hydrogens (tertiary/aromatic N) is 1. The summed E-state index contributed by atoms with van der Waals surface area (Å²) in [6.07, 6.45) is 8.45. The number of amides is 2. The van der Waals surface area contributed by atoms with Gasteiger partial charge in [0.15, 0.2) is 0 Å². The van der Waals surface area contributed by atoms with E-state index >= 15 is 0 Å². The van der Waals surface area contributed by atoms with Gasteiger partial charge in [0.05, 0.1) is 16.8 Å². The first kappa shape index (κ1) is 18.4. The third kappa shape index (κ3) is 4.22. The standard InChI is InChI=1S/C19H20N2O4S/c22-18-16-6-3-5-14(17(16)19(23)20-18)4-1-2-11-26-12-13-7-9-15(10-8-13)21(24)25/h3,5-10,16-17H,1-2,4,11-12H2,(H,20,22,23). The molecule has 3 rings (SSSR count). The average molecular weight is 372 g/mol. The van der Waals surface area contributed by atoms with E-state index in [1.165, 1.54) is 12.1 Å². The first-order valence-electron chi connectivity index (χ1n) is 8.59. The van der Waals surface area contributed by atoms with Crippen molar-refractivity contribution >= 4 is 29.3 Å². The van der Waals surface area contributed by atoms with Gasteiger partial charge in [-0.05, 0) is 30.6 Å². The number of benzene rings is 1. The molecular weight excluding hydrogens is 352 g/mol. The number of hydrogen-bond acceptors (Lipinski definition) is 5. The van der Waals surface area contributed by atoms with E-state index in [-0.39, 0.29) is 29.3 Å². The predicted octanol–water partition coefficient (Wildman–Crippen LogP) is 3.38.